The van der Waals surface area contributed by atoms with E-state index < -0.39 is 0 Å². The summed E-state index contributed by atoms with van der Waals surface area (Å²) in [5.41, 5.74) is 2.12. The lowest BCUT2D eigenvalue weighted by Gasteiger charge is -2.30. The zero-order valence-corrected chi connectivity index (χ0v) is 14.5. The molecule has 0 bridgehead atoms. The standard InChI is InChI=1S/C20H26N2O2/c1-15-4-2-5-16(12-15)13-21-10-8-20(19(21)24)9-11-22(14-20)18(23)17-6-3-7-17/h2,4-5,12,17H,3,6-11,13-14H2,1H3/t20-/m1/s1. The second-order valence-corrected chi connectivity index (χ2v) is 7.88. The van der Waals surface area contributed by atoms with Crippen molar-refractivity contribution in [3.8, 4) is 0 Å². The molecule has 1 spiro atoms. The molecule has 2 aliphatic heterocycles. The second-order valence-electron chi connectivity index (χ2n) is 7.88. The number of carbonyl (C=O) groups excluding carboxylic acids is 2. The quantitative estimate of drug-likeness (QED) is 0.857. The van der Waals surface area contributed by atoms with Crippen molar-refractivity contribution in [2.45, 2.75) is 45.6 Å². The highest BCUT2D eigenvalue weighted by molar-refractivity contribution is 5.87. The van der Waals surface area contributed by atoms with Gasteiger partial charge in [0.05, 0.1) is 5.41 Å². The van der Waals surface area contributed by atoms with Crippen molar-refractivity contribution in [3.05, 3.63) is 35.4 Å². The first-order valence-corrected chi connectivity index (χ1v) is 9.21. The third-order valence-electron chi connectivity index (χ3n) is 6.18. The van der Waals surface area contributed by atoms with E-state index in [2.05, 4.69) is 31.2 Å². The summed E-state index contributed by atoms with van der Waals surface area (Å²) in [6.45, 7) is 5.00. The largest absolute Gasteiger partial charge is 0.341 e. The molecule has 0 radical (unpaired) electrons. The fourth-order valence-corrected chi connectivity index (χ4v) is 4.43. The van der Waals surface area contributed by atoms with Gasteiger partial charge >= 0.3 is 0 Å². The minimum absolute atomic E-state index is 0.236. The van der Waals surface area contributed by atoms with E-state index in [0.717, 1.165) is 38.8 Å². The van der Waals surface area contributed by atoms with Crippen LogP contribution in [0.3, 0.4) is 0 Å². The molecular weight excluding hydrogens is 300 g/mol. The Labute approximate surface area is 143 Å². The van der Waals surface area contributed by atoms with Gasteiger partial charge in [-0.25, -0.2) is 0 Å². The molecule has 0 aromatic heterocycles. The summed E-state index contributed by atoms with van der Waals surface area (Å²) in [6.07, 6.45) is 4.99. The fraction of sp³-hybridized carbons (Fsp3) is 0.600. The topological polar surface area (TPSA) is 40.6 Å². The molecule has 128 valence electrons. The molecule has 1 aromatic carbocycles. The summed E-state index contributed by atoms with van der Waals surface area (Å²) >= 11 is 0. The van der Waals surface area contributed by atoms with Crippen LogP contribution in [-0.2, 0) is 16.1 Å². The molecule has 1 aliphatic carbocycles. The van der Waals surface area contributed by atoms with Gasteiger partial charge in [-0.1, -0.05) is 36.2 Å². The fourth-order valence-electron chi connectivity index (χ4n) is 4.43. The molecular formula is C20H26N2O2. The van der Waals surface area contributed by atoms with Crippen LogP contribution in [0.4, 0.5) is 0 Å². The molecule has 0 N–H and O–H groups in total. The lowest BCUT2D eigenvalue weighted by atomic mass is 9.83. The van der Waals surface area contributed by atoms with Crippen LogP contribution in [0.25, 0.3) is 0 Å². The molecule has 2 saturated heterocycles. The number of hydrogen-bond donors (Lipinski definition) is 0. The van der Waals surface area contributed by atoms with Gasteiger partial charge in [0.2, 0.25) is 11.8 Å². The van der Waals surface area contributed by atoms with Crippen molar-refractivity contribution in [1.29, 1.82) is 0 Å². The molecule has 4 heteroatoms. The van der Waals surface area contributed by atoms with Crippen molar-refractivity contribution in [2.24, 2.45) is 11.3 Å². The average molecular weight is 326 g/mol. The first kappa shape index (κ1) is 15.7. The zero-order chi connectivity index (χ0) is 16.7. The first-order chi connectivity index (χ1) is 11.6. The van der Waals surface area contributed by atoms with Gasteiger partial charge in [-0.15, -0.1) is 0 Å². The van der Waals surface area contributed by atoms with Gasteiger partial charge < -0.3 is 9.80 Å². The van der Waals surface area contributed by atoms with Crippen LogP contribution in [0.5, 0.6) is 0 Å². The molecule has 4 rings (SSSR count). The van der Waals surface area contributed by atoms with Gasteiger partial charge in [0.15, 0.2) is 0 Å². The van der Waals surface area contributed by atoms with Gasteiger partial charge in [0, 0.05) is 32.1 Å². The predicted octanol–water partition coefficient (Wildman–Crippen LogP) is 2.75. The molecule has 0 unspecified atom stereocenters. The van der Waals surface area contributed by atoms with Crippen molar-refractivity contribution >= 4 is 11.8 Å². The Bertz CT molecular complexity index is 667. The number of hydrogen-bond acceptors (Lipinski definition) is 2. The van der Waals surface area contributed by atoms with Crippen molar-refractivity contribution in [1.82, 2.24) is 9.80 Å². The van der Waals surface area contributed by atoms with Crippen LogP contribution in [0.2, 0.25) is 0 Å². The van der Waals surface area contributed by atoms with E-state index in [1.807, 2.05) is 9.80 Å². The minimum atomic E-state index is -0.302. The molecule has 3 fully saturated rings. The summed E-state index contributed by atoms with van der Waals surface area (Å²) in [7, 11) is 0. The van der Waals surface area contributed by atoms with E-state index in [4.69, 9.17) is 0 Å². The smallest absolute Gasteiger partial charge is 0.231 e. The summed E-state index contributed by atoms with van der Waals surface area (Å²) in [5, 5.41) is 0. The third kappa shape index (κ3) is 2.62. The number of amides is 2. The van der Waals surface area contributed by atoms with Gasteiger partial charge in [0.1, 0.15) is 0 Å². The van der Waals surface area contributed by atoms with Gasteiger partial charge in [0.25, 0.3) is 0 Å². The second kappa shape index (κ2) is 5.91. The molecule has 4 nitrogen and oxygen atoms in total. The number of carbonyl (C=O) groups is 2. The normalized spacial score (nSPS) is 27.1. The highest BCUT2D eigenvalue weighted by Crippen LogP contribution is 2.42. The number of rotatable bonds is 3. The van der Waals surface area contributed by atoms with Crippen molar-refractivity contribution in [2.75, 3.05) is 19.6 Å². The molecule has 24 heavy (non-hydrogen) atoms. The Morgan fingerprint density at radius 3 is 2.75 bits per heavy atom. The molecule has 3 aliphatic rings. The Morgan fingerprint density at radius 2 is 2.04 bits per heavy atom. The van der Waals surface area contributed by atoms with Crippen LogP contribution in [0, 0.1) is 18.3 Å². The number of benzene rings is 1. The Balaban J connectivity index is 1.42. The first-order valence-electron chi connectivity index (χ1n) is 9.21. The van der Waals surface area contributed by atoms with E-state index in [0.29, 0.717) is 19.0 Å². The van der Waals surface area contributed by atoms with Crippen LogP contribution in [0.15, 0.2) is 24.3 Å². The van der Waals surface area contributed by atoms with Crippen LogP contribution in [0.1, 0.15) is 43.2 Å². The Morgan fingerprint density at radius 1 is 1.25 bits per heavy atom. The maximum atomic E-state index is 13.0. The lowest BCUT2D eigenvalue weighted by molar-refractivity contribution is -0.139. The monoisotopic (exact) mass is 326 g/mol. The molecule has 1 saturated carbocycles. The van der Waals surface area contributed by atoms with Crippen LogP contribution < -0.4 is 0 Å². The summed E-state index contributed by atoms with van der Waals surface area (Å²) < 4.78 is 0. The highest BCUT2D eigenvalue weighted by atomic mass is 16.2. The minimum Gasteiger partial charge on any atom is -0.341 e. The van der Waals surface area contributed by atoms with E-state index in [9.17, 15) is 9.59 Å². The Kier molecular flexibility index (Phi) is 3.86. The SMILES string of the molecule is Cc1cccc(CN2CC[C@]3(CCN(C(=O)C4CCC4)C3)C2=O)c1. The van der Waals surface area contributed by atoms with Gasteiger partial charge in [-0.2, -0.15) is 0 Å². The predicted molar refractivity (Wildman–Crippen MR) is 92.2 cm³/mol. The molecule has 2 heterocycles. The van der Waals surface area contributed by atoms with E-state index in [-0.39, 0.29) is 17.2 Å². The van der Waals surface area contributed by atoms with Crippen molar-refractivity contribution in [3.63, 3.8) is 0 Å². The number of likely N-dealkylation sites (tertiary alicyclic amines) is 2. The summed E-state index contributed by atoms with van der Waals surface area (Å²) in [5.74, 6) is 0.788. The van der Waals surface area contributed by atoms with Gasteiger partial charge in [-0.3, -0.25) is 9.59 Å². The molecule has 1 aromatic rings. The van der Waals surface area contributed by atoms with E-state index >= 15 is 0 Å². The van der Waals surface area contributed by atoms with Gasteiger partial charge in [-0.05, 0) is 38.2 Å². The zero-order valence-electron chi connectivity index (χ0n) is 14.5. The van der Waals surface area contributed by atoms with Crippen LogP contribution >= 0.6 is 0 Å². The molecule has 2 amide bonds. The molecule has 1 atom stereocenters. The average Bonchev–Trinajstić information content (AvgIpc) is 3.06. The third-order valence-corrected chi connectivity index (χ3v) is 6.18. The number of aryl methyl sites for hydroxylation is 1. The summed E-state index contributed by atoms with van der Waals surface area (Å²) in [6, 6.07) is 8.37. The highest BCUT2D eigenvalue weighted by Gasteiger charge is 2.52. The van der Waals surface area contributed by atoms with Crippen molar-refractivity contribution < 1.29 is 9.59 Å². The number of nitrogens with zero attached hydrogens (tertiary/aromatic N) is 2. The Hall–Kier alpha value is -1.84. The lowest BCUT2D eigenvalue weighted by Crippen LogP contribution is -2.41. The van der Waals surface area contributed by atoms with E-state index in [1.54, 1.807) is 0 Å². The maximum absolute atomic E-state index is 13.0. The van der Waals surface area contributed by atoms with Crippen LogP contribution in [-0.4, -0.2) is 41.2 Å². The maximum Gasteiger partial charge on any atom is 0.231 e. The summed E-state index contributed by atoms with van der Waals surface area (Å²) in [4.78, 5) is 29.5. The van der Waals surface area contributed by atoms with E-state index in [1.165, 1.54) is 17.5 Å².